The van der Waals surface area contributed by atoms with Crippen LogP contribution in [0.3, 0.4) is 0 Å². The second-order valence-corrected chi connectivity index (χ2v) is 5.41. The largest absolute Gasteiger partial charge is 0.388 e. The van der Waals surface area contributed by atoms with Crippen molar-refractivity contribution in [2.45, 2.75) is 38.7 Å². The van der Waals surface area contributed by atoms with Gasteiger partial charge in [-0.25, -0.2) is 9.82 Å². The van der Waals surface area contributed by atoms with Crippen molar-refractivity contribution in [1.82, 2.24) is 5.43 Å². The van der Waals surface area contributed by atoms with Crippen LogP contribution in [0, 0.1) is 5.92 Å². The molecule has 19 heavy (non-hydrogen) atoms. The van der Waals surface area contributed by atoms with Crippen LogP contribution in [0.25, 0.3) is 0 Å². The van der Waals surface area contributed by atoms with E-state index < -0.39 is 11.9 Å². The number of halogens is 2. The molecule has 0 radical (unpaired) electrons. The minimum atomic E-state index is -0.882. The number of allylic oxidation sites excluding steroid dienone is 2. The number of amides is 1. The summed E-state index contributed by atoms with van der Waals surface area (Å²) in [5.41, 5.74) is 2.91. The molecule has 0 aromatic carbocycles. The van der Waals surface area contributed by atoms with Gasteiger partial charge in [-0.05, 0) is 28.8 Å². The summed E-state index contributed by atoms with van der Waals surface area (Å²) in [6.07, 6.45) is 2.11. The number of hydrazone groups is 1. The molecule has 0 aromatic heterocycles. The highest BCUT2D eigenvalue weighted by Gasteiger charge is 2.23. The first kappa shape index (κ1) is 16.0. The van der Waals surface area contributed by atoms with Gasteiger partial charge in [-0.15, -0.1) is 6.58 Å². The molecule has 1 aliphatic rings. The SMILES string of the molecule is C=CCCC(O)/C(Br)=C(/F)CC1=NNC(=O)CC1C. The number of aliphatic hydroxyl groups excluding tert-OH is 1. The first-order valence-corrected chi connectivity index (χ1v) is 6.93. The quantitative estimate of drug-likeness (QED) is 0.734. The van der Waals surface area contributed by atoms with Crippen LogP contribution in [-0.2, 0) is 4.79 Å². The van der Waals surface area contributed by atoms with Gasteiger partial charge in [0, 0.05) is 24.5 Å². The fourth-order valence-electron chi connectivity index (χ4n) is 1.73. The lowest BCUT2D eigenvalue weighted by Crippen LogP contribution is -2.31. The predicted octanol–water partition coefficient (Wildman–Crippen LogP) is 2.79. The number of carbonyl (C=O) groups excluding carboxylic acids is 1. The van der Waals surface area contributed by atoms with E-state index in [0.29, 0.717) is 25.0 Å². The van der Waals surface area contributed by atoms with Crippen molar-refractivity contribution in [1.29, 1.82) is 0 Å². The average Bonchev–Trinajstić information content (AvgIpc) is 2.38. The minimum absolute atomic E-state index is 0.00677. The number of aliphatic hydroxyl groups is 1. The molecule has 2 unspecified atom stereocenters. The van der Waals surface area contributed by atoms with E-state index in [4.69, 9.17) is 0 Å². The third-order valence-corrected chi connectivity index (χ3v) is 3.88. The van der Waals surface area contributed by atoms with Gasteiger partial charge in [0.15, 0.2) is 0 Å². The summed E-state index contributed by atoms with van der Waals surface area (Å²) < 4.78 is 14.1. The Labute approximate surface area is 120 Å². The molecule has 106 valence electrons. The van der Waals surface area contributed by atoms with Gasteiger partial charge >= 0.3 is 0 Å². The summed E-state index contributed by atoms with van der Waals surface area (Å²) in [6.45, 7) is 5.38. The highest BCUT2D eigenvalue weighted by atomic mass is 79.9. The number of hydrogen-bond donors (Lipinski definition) is 2. The van der Waals surface area contributed by atoms with Crippen LogP contribution in [0.15, 0.2) is 28.1 Å². The first-order valence-electron chi connectivity index (χ1n) is 6.14. The molecule has 2 atom stereocenters. The zero-order chi connectivity index (χ0) is 14.4. The lowest BCUT2D eigenvalue weighted by Gasteiger charge is -2.19. The van der Waals surface area contributed by atoms with Crippen molar-refractivity contribution < 1.29 is 14.3 Å². The second kappa shape index (κ2) is 7.55. The summed E-state index contributed by atoms with van der Waals surface area (Å²) in [5.74, 6) is -0.714. The van der Waals surface area contributed by atoms with Crippen LogP contribution in [0.5, 0.6) is 0 Å². The van der Waals surface area contributed by atoms with Crippen LogP contribution < -0.4 is 5.43 Å². The third-order valence-electron chi connectivity index (χ3n) is 2.92. The lowest BCUT2D eigenvalue weighted by atomic mass is 9.97. The molecule has 4 nitrogen and oxygen atoms in total. The molecule has 0 saturated heterocycles. The second-order valence-electron chi connectivity index (χ2n) is 4.55. The van der Waals surface area contributed by atoms with Crippen molar-refractivity contribution in [3.8, 4) is 0 Å². The standard InChI is InChI=1S/C13H18BrFN2O2/c1-3-4-5-11(18)13(14)9(15)7-10-8(2)6-12(19)17-16-10/h3,8,11,18H,1,4-7H2,2H3,(H,17,19)/b13-9-. The Balaban J connectivity index is 2.69. The van der Waals surface area contributed by atoms with E-state index in [-0.39, 0.29) is 22.7 Å². The van der Waals surface area contributed by atoms with Crippen LogP contribution >= 0.6 is 15.9 Å². The van der Waals surface area contributed by atoms with Crippen LogP contribution in [0.1, 0.15) is 32.6 Å². The van der Waals surface area contributed by atoms with Gasteiger partial charge in [-0.1, -0.05) is 13.0 Å². The summed E-state index contributed by atoms with van der Waals surface area (Å²) >= 11 is 3.08. The van der Waals surface area contributed by atoms with E-state index >= 15 is 0 Å². The Morgan fingerprint density at radius 3 is 3.05 bits per heavy atom. The molecule has 0 fully saturated rings. The highest BCUT2D eigenvalue weighted by Crippen LogP contribution is 2.26. The smallest absolute Gasteiger partial charge is 0.240 e. The van der Waals surface area contributed by atoms with E-state index in [1.165, 1.54) is 0 Å². The van der Waals surface area contributed by atoms with Crippen LogP contribution in [-0.4, -0.2) is 22.8 Å². The molecular formula is C13H18BrFN2O2. The van der Waals surface area contributed by atoms with Crippen molar-refractivity contribution in [3.63, 3.8) is 0 Å². The predicted molar refractivity (Wildman–Crippen MR) is 76.5 cm³/mol. The minimum Gasteiger partial charge on any atom is -0.388 e. The molecule has 0 aliphatic carbocycles. The number of hydrogen-bond acceptors (Lipinski definition) is 3. The molecule has 0 bridgehead atoms. The maximum absolute atomic E-state index is 14.0. The zero-order valence-corrected chi connectivity index (χ0v) is 12.4. The summed E-state index contributed by atoms with van der Waals surface area (Å²) in [7, 11) is 0. The number of nitrogens with one attached hydrogen (secondary N) is 1. The molecule has 0 spiro atoms. The Bertz CT molecular complexity index is 421. The molecule has 1 amide bonds. The topological polar surface area (TPSA) is 61.7 Å². The molecule has 0 aromatic rings. The van der Waals surface area contributed by atoms with Gasteiger partial charge in [0.25, 0.3) is 0 Å². The monoisotopic (exact) mass is 332 g/mol. The van der Waals surface area contributed by atoms with Crippen molar-refractivity contribution in [3.05, 3.63) is 23.0 Å². The molecular weight excluding hydrogens is 315 g/mol. The summed E-state index contributed by atoms with van der Waals surface area (Å²) in [4.78, 5) is 11.1. The normalized spacial score (nSPS) is 22.2. The molecule has 1 heterocycles. The summed E-state index contributed by atoms with van der Waals surface area (Å²) in [5, 5.41) is 13.6. The number of rotatable bonds is 6. The molecule has 1 aliphatic heterocycles. The number of carbonyl (C=O) groups is 1. The molecule has 2 N–H and O–H groups in total. The Morgan fingerprint density at radius 1 is 1.79 bits per heavy atom. The van der Waals surface area contributed by atoms with Crippen LogP contribution in [0.2, 0.25) is 0 Å². The van der Waals surface area contributed by atoms with E-state index in [2.05, 4.69) is 33.0 Å². The van der Waals surface area contributed by atoms with Gasteiger partial charge in [-0.3, -0.25) is 4.79 Å². The molecule has 0 saturated carbocycles. The van der Waals surface area contributed by atoms with Gasteiger partial charge in [0.1, 0.15) is 5.83 Å². The maximum Gasteiger partial charge on any atom is 0.240 e. The van der Waals surface area contributed by atoms with E-state index in [0.717, 1.165) is 0 Å². The van der Waals surface area contributed by atoms with E-state index in [1.54, 1.807) is 6.08 Å². The lowest BCUT2D eigenvalue weighted by molar-refractivity contribution is -0.121. The Hall–Kier alpha value is -1.01. The van der Waals surface area contributed by atoms with Crippen molar-refractivity contribution in [2.24, 2.45) is 11.0 Å². The van der Waals surface area contributed by atoms with Gasteiger partial charge < -0.3 is 5.11 Å². The van der Waals surface area contributed by atoms with Gasteiger partial charge in [0.05, 0.1) is 10.6 Å². The maximum atomic E-state index is 14.0. The van der Waals surface area contributed by atoms with Crippen LogP contribution in [0.4, 0.5) is 4.39 Å². The Kier molecular flexibility index (Phi) is 6.37. The fourth-order valence-corrected chi connectivity index (χ4v) is 2.10. The summed E-state index contributed by atoms with van der Waals surface area (Å²) in [6, 6.07) is 0. The molecule has 1 rings (SSSR count). The zero-order valence-electron chi connectivity index (χ0n) is 10.8. The fraction of sp³-hybridized carbons (Fsp3) is 0.538. The van der Waals surface area contributed by atoms with E-state index in [1.807, 2.05) is 6.92 Å². The third kappa shape index (κ3) is 4.87. The number of nitrogens with zero attached hydrogens (tertiary/aromatic N) is 1. The van der Waals surface area contributed by atoms with Crippen molar-refractivity contribution in [2.75, 3.05) is 0 Å². The highest BCUT2D eigenvalue weighted by molar-refractivity contribution is 9.11. The molecule has 6 heteroatoms. The first-order chi connectivity index (χ1) is 8.95. The average molecular weight is 333 g/mol. The van der Waals surface area contributed by atoms with E-state index in [9.17, 15) is 14.3 Å². The Morgan fingerprint density at radius 2 is 2.47 bits per heavy atom. The van der Waals surface area contributed by atoms with Gasteiger partial charge in [0.2, 0.25) is 5.91 Å². The van der Waals surface area contributed by atoms with Gasteiger partial charge in [-0.2, -0.15) is 5.10 Å². The van der Waals surface area contributed by atoms with Crippen molar-refractivity contribution >= 4 is 27.5 Å².